The van der Waals surface area contributed by atoms with Crippen molar-refractivity contribution in [3.05, 3.63) is 41.6 Å². The van der Waals surface area contributed by atoms with Crippen molar-refractivity contribution in [3.8, 4) is 0 Å². The highest BCUT2D eigenvalue weighted by Gasteiger charge is 2.29. The number of urea groups is 1. The van der Waals surface area contributed by atoms with E-state index in [1.807, 2.05) is 30.3 Å². The average Bonchev–Trinajstić information content (AvgIpc) is 3.19. The average molecular weight is 399 g/mol. The lowest BCUT2D eigenvalue weighted by molar-refractivity contribution is -0.150. The van der Waals surface area contributed by atoms with E-state index in [9.17, 15) is 19.2 Å². The van der Waals surface area contributed by atoms with Crippen LogP contribution < -0.4 is 10.6 Å². The molecule has 0 radical (unpaired) electrons. The van der Waals surface area contributed by atoms with E-state index in [0.29, 0.717) is 0 Å². The van der Waals surface area contributed by atoms with Gasteiger partial charge in [0.05, 0.1) is 12.5 Å². The van der Waals surface area contributed by atoms with Gasteiger partial charge < -0.3 is 15.0 Å². The number of nitrogens with one attached hydrogen (secondary N) is 2. The molecule has 1 saturated carbocycles. The van der Waals surface area contributed by atoms with E-state index < -0.39 is 30.6 Å². The molecular formula is C21H25N3O5. The van der Waals surface area contributed by atoms with Gasteiger partial charge in [0.15, 0.2) is 6.61 Å². The van der Waals surface area contributed by atoms with Gasteiger partial charge in [-0.2, -0.15) is 0 Å². The minimum Gasteiger partial charge on any atom is -0.455 e. The van der Waals surface area contributed by atoms with Gasteiger partial charge in [-0.3, -0.25) is 19.7 Å². The minimum atomic E-state index is -0.693. The molecule has 0 bridgehead atoms. The summed E-state index contributed by atoms with van der Waals surface area (Å²) < 4.78 is 5.03. The van der Waals surface area contributed by atoms with E-state index in [2.05, 4.69) is 10.6 Å². The van der Waals surface area contributed by atoms with E-state index in [0.717, 1.165) is 36.8 Å². The van der Waals surface area contributed by atoms with Gasteiger partial charge in [-0.15, -0.1) is 0 Å². The first-order valence-corrected chi connectivity index (χ1v) is 9.76. The molecule has 1 aliphatic carbocycles. The van der Waals surface area contributed by atoms with Crippen LogP contribution in [0.3, 0.4) is 0 Å². The van der Waals surface area contributed by atoms with Crippen molar-refractivity contribution in [2.24, 2.45) is 0 Å². The Kier molecular flexibility index (Phi) is 6.64. The second-order valence-electron chi connectivity index (χ2n) is 7.25. The quantitative estimate of drug-likeness (QED) is 0.739. The molecule has 2 aliphatic rings. The Bertz CT molecular complexity index is 829. The number of esters is 1. The Morgan fingerprint density at radius 2 is 1.86 bits per heavy atom. The number of carbonyl (C=O) groups is 4. The van der Waals surface area contributed by atoms with Crippen LogP contribution in [0.4, 0.5) is 4.79 Å². The molecule has 3 rings (SSSR count). The number of benzene rings is 1. The summed E-state index contributed by atoms with van der Waals surface area (Å²) in [5.41, 5.74) is 1.76. The van der Waals surface area contributed by atoms with E-state index in [-0.39, 0.29) is 18.4 Å². The van der Waals surface area contributed by atoms with Crippen LogP contribution in [0.25, 0.3) is 6.08 Å². The van der Waals surface area contributed by atoms with Gasteiger partial charge in [-0.25, -0.2) is 4.79 Å². The molecule has 1 aromatic carbocycles. The summed E-state index contributed by atoms with van der Waals surface area (Å²) in [6.45, 7) is 0.869. The monoisotopic (exact) mass is 399 g/mol. The van der Waals surface area contributed by atoms with Crippen LogP contribution in [0.2, 0.25) is 0 Å². The second kappa shape index (κ2) is 9.36. The fourth-order valence-corrected chi connectivity index (χ4v) is 3.73. The maximum atomic E-state index is 12.3. The third-order valence-corrected chi connectivity index (χ3v) is 5.14. The zero-order valence-electron chi connectivity index (χ0n) is 16.3. The van der Waals surface area contributed by atoms with Crippen molar-refractivity contribution in [2.75, 3.05) is 6.61 Å². The molecule has 1 aliphatic heterocycles. The maximum Gasteiger partial charge on any atom is 0.321 e. The van der Waals surface area contributed by atoms with Crippen LogP contribution in [-0.2, 0) is 19.1 Å². The highest BCUT2D eigenvalue weighted by Crippen LogP contribution is 2.33. The predicted octanol–water partition coefficient (Wildman–Crippen LogP) is 2.26. The summed E-state index contributed by atoms with van der Waals surface area (Å²) in [6, 6.07) is 6.48. The van der Waals surface area contributed by atoms with Gasteiger partial charge in [0.1, 0.15) is 0 Å². The van der Waals surface area contributed by atoms with Crippen LogP contribution >= 0.6 is 0 Å². The largest absolute Gasteiger partial charge is 0.455 e. The lowest BCUT2D eigenvalue weighted by Crippen LogP contribution is -2.45. The third kappa shape index (κ3) is 5.43. The second-order valence-corrected chi connectivity index (χ2v) is 7.25. The fourth-order valence-electron chi connectivity index (χ4n) is 3.73. The van der Waals surface area contributed by atoms with Crippen molar-refractivity contribution in [2.45, 2.75) is 51.1 Å². The Balaban J connectivity index is 1.51. The highest BCUT2D eigenvalue weighted by atomic mass is 16.5. The molecule has 29 heavy (non-hydrogen) atoms. The highest BCUT2D eigenvalue weighted by molar-refractivity contribution is 5.95. The minimum absolute atomic E-state index is 0.0855. The first-order valence-electron chi connectivity index (χ1n) is 9.76. The summed E-state index contributed by atoms with van der Waals surface area (Å²) in [7, 11) is 0. The molecule has 4 amide bonds. The molecule has 8 heteroatoms. The molecule has 1 heterocycles. The summed E-state index contributed by atoms with van der Waals surface area (Å²) in [5, 5.41) is 4.90. The van der Waals surface area contributed by atoms with Crippen molar-refractivity contribution in [3.63, 3.8) is 0 Å². The summed E-state index contributed by atoms with van der Waals surface area (Å²) in [4.78, 5) is 49.4. The normalized spacial score (nSPS) is 18.1. The summed E-state index contributed by atoms with van der Waals surface area (Å²) in [6.07, 6.45) is 7.29. The molecule has 0 spiro atoms. The maximum absolute atomic E-state index is 12.3. The van der Waals surface area contributed by atoms with Crippen LogP contribution in [-0.4, -0.2) is 41.4 Å². The third-order valence-electron chi connectivity index (χ3n) is 5.14. The van der Waals surface area contributed by atoms with Crippen molar-refractivity contribution >= 4 is 29.9 Å². The number of amides is 4. The number of hydrogen-bond acceptors (Lipinski definition) is 5. The Hall–Kier alpha value is -3.16. The molecule has 0 aromatic heterocycles. The molecule has 1 atom stereocenters. The number of nitrogens with zero attached hydrogens (tertiary/aromatic N) is 1. The smallest absolute Gasteiger partial charge is 0.321 e. The number of rotatable bonds is 5. The van der Waals surface area contributed by atoms with Gasteiger partial charge in [0, 0.05) is 19.2 Å². The van der Waals surface area contributed by atoms with Gasteiger partial charge >= 0.3 is 12.0 Å². The van der Waals surface area contributed by atoms with E-state index in [1.165, 1.54) is 11.8 Å². The van der Waals surface area contributed by atoms with Crippen molar-refractivity contribution in [1.82, 2.24) is 15.5 Å². The number of imide groups is 1. The standard InChI is InChI=1S/C21H25N3O5/c1-14(25)24-11-10-15-6-2-5-9-17(15)18(24)12-20(27)29-13-19(26)23-21(28)22-16-7-3-4-8-16/h2,5-6,9-11,16,18H,3-4,7-8,12-13H2,1H3,(H2,22,23,26,28)/t18-/m1/s1. The van der Waals surface area contributed by atoms with Crippen molar-refractivity contribution in [1.29, 1.82) is 0 Å². The molecule has 0 saturated heterocycles. The fraction of sp³-hybridized carbons (Fsp3) is 0.429. The molecule has 1 aromatic rings. The molecule has 1 fully saturated rings. The molecular weight excluding hydrogens is 374 g/mol. The van der Waals surface area contributed by atoms with E-state index in [4.69, 9.17) is 4.74 Å². The van der Waals surface area contributed by atoms with E-state index in [1.54, 1.807) is 6.20 Å². The summed E-state index contributed by atoms with van der Waals surface area (Å²) in [5.74, 6) is -1.52. The zero-order chi connectivity index (χ0) is 20.8. The van der Waals surface area contributed by atoms with Crippen LogP contribution in [0, 0.1) is 0 Å². The number of carbonyl (C=O) groups excluding carboxylic acids is 4. The zero-order valence-corrected chi connectivity index (χ0v) is 16.3. The van der Waals surface area contributed by atoms with Crippen LogP contribution in [0.1, 0.15) is 56.2 Å². The Morgan fingerprint density at radius 3 is 2.59 bits per heavy atom. The molecule has 8 nitrogen and oxygen atoms in total. The first-order chi connectivity index (χ1) is 13.9. The van der Waals surface area contributed by atoms with Gasteiger partial charge in [-0.1, -0.05) is 37.1 Å². The molecule has 0 unspecified atom stereocenters. The first kappa shape index (κ1) is 20.6. The summed E-state index contributed by atoms with van der Waals surface area (Å²) >= 11 is 0. The number of ether oxygens (including phenoxy) is 1. The number of hydrogen-bond donors (Lipinski definition) is 2. The SMILES string of the molecule is CC(=O)N1C=Cc2ccccc2[C@H]1CC(=O)OCC(=O)NC(=O)NC1CCCC1. The van der Waals surface area contributed by atoms with Crippen molar-refractivity contribution < 1.29 is 23.9 Å². The Morgan fingerprint density at radius 1 is 1.14 bits per heavy atom. The lowest BCUT2D eigenvalue weighted by Gasteiger charge is -2.32. The topological polar surface area (TPSA) is 105 Å². The van der Waals surface area contributed by atoms with Crippen LogP contribution in [0.5, 0.6) is 0 Å². The predicted molar refractivity (Wildman–Crippen MR) is 105 cm³/mol. The molecule has 2 N–H and O–H groups in total. The van der Waals surface area contributed by atoms with Gasteiger partial charge in [-0.05, 0) is 30.0 Å². The lowest BCUT2D eigenvalue weighted by atomic mass is 9.94. The van der Waals surface area contributed by atoms with E-state index >= 15 is 0 Å². The van der Waals surface area contributed by atoms with Gasteiger partial charge in [0.25, 0.3) is 5.91 Å². The van der Waals surface area contributed by atoms with Gasteiger partial charge in [0.2, 0.25) is 5.91 Å². The molecule has 154 valence electrons. The van der Waals surface area contributed by atoms with Crippen LogP contribution in [0.15, 0.2) is 30.5 Å². The number of fused-ring (bicyclic) bond motifs is 1. The Labute approximate surface area is 169 Å².